The summed E-state index contributed by atoms with van der Waals surface area (Å²) in [6, 6.07) is 0.670. The van der Waals surface area contributed by atoms with E-state index < -0.39 is 0 Å². The first-order valence-electron chi connectivity index (χ1n) is 6.06. The Morgan fingerprint density at radius 2 is 2.20 bits per heavy atom. The van der Waals surface area contributed by atoms with Crippen LogP contribution in [0.2, 0.25) is 0 Å². The average Bonchev–Trinajstić information content (AvgIpc) is 2.59. The van der Waals surface area contributed by atoms with Gasteiger partial charge in [-0.05, 0) is 38.3 Å². The Hall–Kier alpha value is -0.120. The number of likely N-dealkylation sites (N-methyl/N-ethyl adjacent to an activating group) is 1. The zero-order valence-corrected chi connectivity index (χ0v) is 10.4. The van der Waals surface area contributed by atoms with Gasteiger partial charge in [0.25, 0.3) is 0 Å². The number of likely N-dealkylation sites (tertiary alicyclic amines) is 1. The fourth-order valence-electron chi connectivity index (χ4n) is 2.17. The van der Waals surface area contributed by atoms with E-state index in [2.05, 4.69) is 31.1 Å². The summed E-state index contributed by atoms with van der Waals surface area (Å²) in [5, 5.41) is 12.5. The summed E-state index contributed by atoms with van der Waals surface area (Å²) in [6.45, 7) is 8.31. The molecule has 15 heavy (non-hydrogen) atoms. The molecule has 0 amide bonds. The summed E-state index contributed by atoms with van der Waals surface area (Å²) < 4.78 is 0. The minimum absolute atomic E-state index is 0.309. The Bertz CT molecular complexity index is 182. The van der Waals surface area contributed by atoms with Crippen molar-refractivity contribution in [2.75, 3.05) is 33.3 Å². The molecule has 2 N–H and O–H groups in total. The fourth-order valence-corrected chi connectivity index (χ4v) is 2.17. The molecule has 1 atom stereocenters. The van der Waals surface area contributed by atoms with E-state index in [0.717, 1.165) is 19.4 Å². The third-order valence-electron chi connectivity index (χ3n) is 3.27. The van der Waals surface area contributed by atoms with Gasteiger partial charge in [0, 0.05) is 25.7 Å². The molecule has 0 aromatic rings. The molecule has 1 saturated heterocycles. The molecule has 0 saturated carbocycles. The summed E-state index contributed by atoms with van der Waals surface area (Å²) in [6.07, 6.45) is 3.28. The lowest BCUT2D eigenvalue weighted by atomic mass is 9.87. The Morgan fingerprint density at radius 1 is 1.47 bits per heavy atom. The van der Waals surface area contributed by atoms with Gasteiger partial charge in [0.05, 0.1) is 0 Å². The summed E-state index contributed by atoms with van der Waals surface area (Å²) in [7, 11) is 2.18. The topological polar surface area (TPSA) is 35.5 Å². The van der Waals surface area contributed by atoms with Crippen LogP contribution in [0.3, 0.4) is 0 Å². The predicted octanol–water partition coefficient (Wildman–Crippen LogP) is 1.08. The van der Waals surface area contributed by atoms with E-state index in [0.29, 0.717) is 18.1 Å². The second kappa shape index (κ2) is 5.83. The van der Waals surface area contributed by atoms with Crippen LogP contribution in [0, 0.1) is 5.41 Å². The summed E-state index contributed by atoms with van der Waals surface area (Å²) in [5.74, 6) is 0. The Labute approximate surface area is 93.9 Å². The van der Waals surface area contributed by atoms with Gasteiger partial charge in [-0.3, -0.25) is 0 Å². The molecular weight excluding hydrogens is 188 g/mol. The summed E-state index contributed by atoms with van der Waals surface area (Å²) in [5.41, 5.74) is 0.309. The van der Waals surface area contributed by atoms with Gasteiger partial charge in [0.1, 0.15) is 0 Å². The minimum Gasteiger partial charge on any atom is -0.396 e. The van der Waals surface area contributed by atoms with Crippen molar-refractivity contribution in [3.8, 4) is 0 Å². The largest absolute Gasteiger partial charge is 0.396 e. The van der Waals surface area contributed by atoms with Crippen LogP contribution in [-0.4, -0.2) is 49.3 Å². The molecule has 0 bridgehead atoms. The van der Waals surface area contributed by atoms with Crippen LogP contribution in [0.5, 0.6) is 0 Å². The molecule has 1 fully saturated rings. The van der Waals surface area contributed by atoms with Gasteiger partial charge in [-0.2, -0.15) is 0 Å². The summed E-state index contributed by atoms with van der Waals surface area (Å²) in [4.78, 5) is 2.37. The molecule has 1 unspecified atom stereocenters. The number of nitrogens with one attached hydrogen (secondary N) is 1. The van der Waals surface area contributed by atoms with Crippen molar-refractivity contribution in [1.82, 2.24) is 10.2 Å². The van der Waals surface area contributed by atoms with E-state index in [1.807, 2.05) is 0 Å². The van der Waals surface area contributed by atoms with Gasteiger partial charge >= 0.3 is 0 Å². The highest BCUT2D eigenvalue weighted by Crippen LogP contribution is 2.21. The van der Waals surface area contributed by atoms with Crippen LogP contribution in [0.1, 0.15) is 33.1 Å². The molecule has 0 aromatic heterocycles. The Kier molecular flexibility index (Phi) is 5.03. The number of hydrogen-bond acceptors (Lipinski definition) is 3. The molecule has 1 rings (SSSR count). The normalized spacial score (nSPS) is 23.6. The molecule has 90 valence electrons. The fraction of sp³-hybridized carbons (Fsp3) is 1.00. The highest BCUT2D eigenvalue weighted by Gasteiger charge is 2.22. The van der Waals surface area contributed by atoms with Crippen molar-refractivity contribution in [2.45, 2.75) is 39.2 Å². The maximum atomic E-state index is 8.82. The van der Waals surface area contributed by atoms with E-state index >= 15 is 0 Å². The quantitative estimate of drug-likeness (QED) is 0.694. The van der Waals surface area contributed by atoms with Crippen molar-refractivity contribution >= 4 is 0 Å². The number of aliphatic hydroxyl groups excluding tert-OH is 1. The highest BCUT2D eigenvalue weighted by atomic mass is 16.2. The SMILES string of the molecule is CN1CCC(NCC(C)(C)CCCO)C1. The van der Waals surface area contributed by atoms with E-state index in [4.69, 9.17) is 5.11 Å². The van der Waals surface area contributed by atoms with Gasteiger partial charge < -0.3 is 15.3 Å². The molecule has 3 heteroatoms. The Morgan fingerprint density at radius 3 is 2.73 bits per heavy atom. The molecule has 0 aromatic carbocycles. The van der Waals surface area contributed by atoms with Crippen molar-refractivity contribution in [3.63, 3.8) is 0 Å². The molecule has 1 aliphatic rings. The third kappa shape index (κ3) is 4.96. The maximum Gasteiger partial charge on any atom is 0.0431 e. The van der Waals surface area contributed by atoms with Crippen molar-refractivity contribution in [3.05, 3.63) is 0 Å². The lowest BCUT2D eigenvalue weighted by Gasteiger charge is -2.26. The lowest BCUT2D eigenvalue weighted by molar-refractivity contribution is 0.231. The molecule has 0 spiro atoms. The zero-order chi connectivity index (χ0) is 11.3. The van der Waals surface area contributed by atoms with Crippen LogP contribution in [0.15, 0.2) is 0 Å². The molecule has 1 heterocycles. The van der Waals surface area contributed by atoms with Crippen molar-refractivity contribution in [1.29, 1.82) is 0 Å². The zero-order valence-electron chi connectivity index (χ0n) is 10.4. The van der Waals surface area contributed by atoms with Gasteiger partial charge in [-0.15, -0.1) is 0 Å². The second-order valence-electron chi connectivity index (χ2n) is 5.62. The maximum absolute atomic E-state index is 8.82. The van der Waals surface area contributed by atoms with Crippen molar-refractivity contribution < 1.29 is 5.11 Å². The van der Waals surface area contributed by atoms with E-state index in [1.165, 1.54) is 19.5 Å². The number of hydrogen-bond donors (Lipinski definition) is 2. The Balaban J connectivity index is 2.17. The molecule has 1 aliphatic heterocycles. The van der Waals surface area contributed by atoms with Crippen LogP contribution in [0.4, 0.5) is 0 Å². The van der Waals surface area contributed by atoms with Crippen LogP contribution in [-0.2, 0) is 0 Å². The monoisotopic (exact) mass is 214 g/mol. The highest BCUT2D eigenvalue weighted by molar-refractivity contribution is 4.81. The standard InChI is InChI=1S/C12H26N2O/c1-12(2,6-4-8-15)10-13-11-5-7-14(3)9-11/h11,13,15H,4-10H2,1-3H3. The van der Waals surface area contributed by atoms with Crippen LogP contribution < -0.4 is 5.32 Å². The van der Waals surface area contributed by atoms with Crippen LogP contribution >= 0.6 is 0 Å². The number of aliphatic hydroxyl groups is 1. The average molecular weight is 214 g/mol. The molecular formula is C12H26N2O. The minimum atomic E-state index is 0.309. The first-order chi connectivity index (χ1) is 7.03. The number of nitrogens with zero attached hydrogens (tertiary/aromatic N) is 1. The summed E-state index contributed by atoms with van der Waals surface area (Å²) >= 11 is 0. The number of rotatable bonds is 6. The first kappa shape index (κ1) is 12.9. The smallest absolute Gasteiger partial charge is 0.0431 e. The molecule has 0 aliphatic carbocycles. The third-order valence-corrected chi connectivity index (χ3v) is 3.27. The van der Waals surface area contributed by atoms with Gasteiger partial charge in [0.2, 0.25) is 0 Å². The van der Waals surface area contributed by atoms with E-state index in [-0.39, 0.29) is 0 Å². The first-order valence-corrected chi connectivity index (χ1v) is 6.06. The van der Waals surface area contributed by atoms with E-state index in [9.17, 15) is 0 Å². The van der Waals surface area contributed by atoms with E-state index in [1.54, 1.807) is 0 Å². The lowest BCUT2D eigenvalue weighted by Crippen LogP contribution is -2.38. The van der Waals surface area contributed by atoms with Crippen molar-refractivity contribution in [2.24, 2.45) is 5.41 Å². The molecule has 3 nitrogen and oxygen atoms in total. The predicted molar refractivity (Wildman–Crippen MR) is 64.0 cm³/mol. The molecule has 0 radical (unpaired) electrons. The van der Waals surface area contributed by atoms with Gasteiger partial charge in [-0.1, -0.05) is 13.8 Å². The van der Waals surface area contributed by atoms with Gasteiger partial charge in [-0.25, -0.2) is 0 Å². The van der Waals surface area contributed by atoms with Crippen LogP contribution in [0.25, 0.3) is 0 Å². The second-order valence-corrected chi connectivity index (χ2v) is 5.62. The van der Waals surface area contributed by atoms with Gasteiger partial charge in [0.15, 0.2) is 0 Å².